The van der Waals surface area contributed by atoms with Crippen molar-refractivity contribution in [2.24, 2.45) is 11.3 Å². The van der Waals surface area contributed by atoms with Gasteiger partial charge in [0.05, 0.1) is 0 Å². The van der Waals surface area contributed by atoms with Gasteiger partial charge in [-0.25, -0.2) is 0 Å². The molecule has 2 atom stereocenters. The van der Waals surface area contributed by atoms with Crippen molar-refractivity contribution >= 4 is 0 Å². The van der Waals surface area contributed by atoms with Crippen LogP contribution < -0.4 is 5.32 Å². The van der Waals surface area contributed by atoms with Gasteiger partial charge in [-0.05, 0) is 36.2 Å². The second kappa shape index (κ2) is 6.10. The maximum absolute atomic E-state index is 3.76. The largest absolute Gasteiger partial charge is 0.307 e. The van der Waals surface area contributed by atoms with Gasteiger partial charge in [-0.1, -0.05) is 51.1 Å². The lowest BCUT2D eigenvalue weighted by molar-refractivity contribution is 0.0876. The van der Waals surface area contributed by atoms with Gasteiger partial charge < -0.3 is 5.32 Å². The van der Waals surface area contributed by atoms with Crippen LogP contribution in [0.4, 0.5) is 0 Å². The zero-order valence-corrected chi connectivity index (χ0v) is 13.8. The molecule has 2 unspecified atom stereocenters. The standard InChI is InChI=1S/C19H30N2/c1-4-17-12-20-18(16-8-6-5-7-9-16)13-21(17)14-19(10-11-19)15(2)3/h5-9,15,17-18,20H,4,10-14H2,1-3H3. The van der Waals surface area contributed by atoms with E-state index in [9.17, 15) is 0 Å². The third kappa shape index (κ3) is 3.17. The fourth-order valence-corrected chi connectivity index (χ4v) is 3.84. The highest BCUT2D eigenvalue weighted by Crippen LogP contribution is 2.52. The molecule has 2 fully saturated rings. The lowest BCUT2D eigenvalue weighted by Gasteiger charge is -2.43. The summed E-state index contributed by atoms with van der Waals surface area (Å²) in [5.41, 5.74) is 2.05. The number of hydrogen-bond acceptors (Lipinski definition) is 2. The Bertz CT molecular complexity index is 450. The van der Waals surface area contributed by atoms with E-state index in [-0.39, 0.29) is 0 Å². The summed E-state index contributed by atoms with van der Waals surface area (Å²) in [7, 11) is 0. The van der Waals surface area contributed by atoms with Gasteiger partial charge in [0.2, 0.25) is 0 Å². The van der Waals surface area contributed by atoms with E-state index in [0.717, 1.165) is 19.0 Å². The Balaban J connectivity index is 1.70. The van der Waals surface area contributed by atoms with Crippen molar-refractivity contribution in [1.29, 1.82) is 0 Å². The van der Waals surface area contributed by atoms with Crippen LogP contribution in [0.1, 0.15) is 51.6 Å². The van der Waals surface area contributed by atoms with Gasteiger partial charge in [0.1, 0.15) is 0 Å². The molecule has 21 heavy (non-hydrogen) atoms. The summed E-state index contributed by atoms with van der Waals surface area (Å²) in [6, 6.07) is 12.2. The summed E-state index contributed by atoms with van der Waals surface area (Å²) in [5, 5.41) is 3.76. The van der Waals surface area contributed by atoms with Gasteiger partial charge in [0.15, 0.2) is 0 Å². The van der Waals surface area contributed by atoms with Crippen LogP contribution in [0.2, 0.25) is 0 Å². The van der Waals surface area contributed by atoms with Crippen molar-refractivity contribution < 1.29 is 0 Å². The van der Waals surface area contributed by atoms with Gasteiger partial charge in [0.25, 0.3) is 0 Å². The highest BCUT2D eigenvalue weighted by Gasteiger charge is 2.47. The third-order valence-electron chi connectivity index (χ3n) is 5.84. The monoisotopic (exact) mass is 286 g/mol. The summed E-state index contributed by atoms with van der Waals surface area (Å²) in [5.74, 6) is 0.820. The van der Waals surface area contributed by atoms with Gasteiger partial charge in [-0.3, -0.25) is 4.90 Å². The molecule has 0 bridgehead atoms. The molecule has 0 aromatic heterocycles. The molecule has 116 valence electrons. The van der Waals surface area contributed by atoms with Gasteiger partial charge >= 0.3 is 0 Å². The van der Waals surface area contributed by atoms with Crippen LogP contribution in [0, 0.1) is 11.3 Å². The van der Waals surface area contributed by atoms with Gasteiger partial charge in [-0.2, -0.15) is 0 Å². The van der Waals surface area contributed by atoms with Crippen LogP contribution >= 0.6 is 0 Å². The topological polar surface area (TPSA) is 15.3 Å². The zero-order chi connectivity index (χ0) is 14.9. The third-order valence-corrected chi connectivity index (χ3v) is 5.84. The molecule has 1 aliphatic heterocycles. The molecule has 0 amide bonds. The number of nitrogens with one attached hydrogen (secondary N) is 1. The Hall–Kier alpha value is -0.860. The normalized spacial score (nSPS) is 28.8. The summed E-state index contributed by atoms with van der Waals surface area (Å²) in [6.07, 6.45) is 4.12. The fourth-order valence-electron chi connectivity index (χ4n) is 3.84. The van der Waals surface area contributed by atoms with E-state index < -0.39 is 0 Å². The highest BCUT2D eigenvalue weighted by molar-refractivity contribution is 5.20. The molecular formula is C19H30N2. The SMILES string of the molecule is CCC1CNC(c2ccccc2)CN1CC1(C(C)C)CC1. The number of nitrogens with zero attached hydrogens (tertiary/aromatic N) is 1. The molecule has 1 aromatic carbocycles. The van der Waals surface area contributed by atoms with E-state index in [1.54, 1.807) is 0 Å². The smallest absolute Gasteiger partial charge is 0.0449 e. The van der Waals surface area contributed by atoms with Crippen LogP contribution in [-0.2, 0) is 0 Å². The second-order valence-corrected chi connectivity index (χ2v) is 7.38. The molecule has 1 aromatic rings. The van der Waals surface area contributed by atoms with Crippen molar-refractivity contribution in [2.75, 3.05) is 19.6 Å². The molecule has 1 N–H and O–H groups in total. The highest BCUT2D eigenvalue weighted by atomic mass is 15.2. The minimum absolute atomic E-state index is 0.497. The van der Waals surface area contributed by atoms with Crippen LogP contribution in [0.5, 0.6) is 0 Å². The summed E-state index contributed by atoms with van der Waals surface area (Å²) < 4.78 is 0. The predicted octanol–water partition coefficient (Wildman–Crippen LogP) is 3.85. The second-order valence-electron chi connectivity index (χ2n) is 7.38. The Labute approximate surface area is 129 Å². The van der Waals surface area contributed by atoms with E-state index in [0.29, 0.717) is 17.5 Å². The molecule has 2 heteroatoms. The Morgan fingerprint density at radius 3 is 2.52 bits per heavy atom. The number of hydrogen-bond donors (Lipinski definition) is 1. The molecule has 2 nitrogen and oxygen atoms in total. The van der Waals surface area contributed by atoms with Crippen LogP contribution in [0.25, 0.3) is 0 Å². The predicted molar refractivity (Wildman–Crippen MR) is 89.3 cm³/mol. The first-order valence-electron chi connectivity index (χ1n) is 8.67. The molecular weight excluding hydrogens is 256 g/mol. The van der Waals surface area contributed by atoms with E-state index >= 15 is 0 Å². The van der Waals surface area contributed by atoms with Crippen LogP contribution in [0.15, 0.2) is 30.3 Å². The molecule has 2 aliphatic rings. The Morgan fingerprint density at radius 2 is 1.95 bits per heavy atom. The average molecular weight is 286 g/mol. The Morgan fingerprint density at radius 1 is 1.24 bits per heavy atom. The van der Waals surface area contributed by atoms with Crippen LogP contribution in [0.3, 0.4) is 0 Å². The molecule has 3 rings (SSSR count). The van der Waals surface area contributed by atoms with Crippen molar-refractivity contribution in [3.8, 4) is 0 Å². The van der Waals surface area contributed by atoms with Gasteiger partial charge in [0, 0.05) is 31.7 Å². The molecule has 1 saturated heterocycles. The number of piperazine rings is 1. The number of rotatable bonds is 5. The molecule has 1 saturated carbocycles. The number of benzene rings is 1. The zero-order valence-electron chi connectivity index (χ0n) is 13.8. The van der Waals surface area contributed by atoms with Crippen LogP contribution in [-0.4, -0.2) is 30.6 Å². The maximum atomic E-state index is 3.76. The van der Waals surface area contributed by atoms with E-state index in [1.165, 1.54) is 31.4 Å². The first-order valence-corrected chi connectivity index (χ1v) is 8.67. The average Bonchev–Trinajstić information content (AvgIpc) is 3.29. The molecule has 1 heterocycles. The van der Waals surface area contributed by atoms with E-state index in [1.807, 2.05) is 0 Å². The maximum Gasteiger partial charge on any atom is 0.0449 e. The minimum atomic E-state index is 0.497. The summed E-state index contributed by atoms with van der Waals surface area (Å²) in [4.78, 5) is 2.78. The summed E-state index contributed by atoms with van der Waals surface area (Å²) >= 11 is 0. The van der Waals surface area contributed by atoms with Gasteiger partial charge in [-0.15, -0.1) is 0 Å². The molecule has 1 aliphatic carbocycles. The molecule has 0 radical (unpaired) electrons. The molecule has 0 spiro atoms. The quantitative estimate of drug-likeness (QED) is 0.884. The van der Waals surface area contributed by atoms with E-state index in [2.05, 4.69) is 61.3 Å². The fraction of sp³-hybridized carbons (Fsp3) is 0.684. The lowest BCUT2D eigenvalue weighted by atomic mass is 9.90. The minimum Gasteiger partial charge on any atom is -0.307 e. The Kier molecular flexibility index (Phi) is 4.37. The summed E-state index contributed by atoms with van der Waals surface area (Å²) in [6.45, 7) is 10.7. The van der Waals surface area contributed by atoms with E-state index in [4.69, 9.17) is 0 Å². The van der Waals surface area contributed by atoms with Crippen molar-refractivity contribution in [2.45, 2.75) is 52.1 Å². The van der Waals surface area contributed by atoms with Crippen molar-refractivity contribution in [3.05, 3.63) is 35.9 Å². The first kappa shape index (κ1) is 15.1. The first-order chi connectivity index (χ1) is 10.1. The van der Waals surface area contributed by atoms with Crippen molar-refractivity contribution in [1.82, 2.24) is 10.2 Å². The lowest BCUT2D eigenvalue weighted by Crippen LogP contribution is -2.54. The van der Waals surface area contributed by atoms with Crippen molar-refractivity contribution in [3.63, 3.8) is 0 Å².